The Bertz CT molecular complexity index is 262. The fourth-order valence-corrected chi connectivity index (χ4v) is 1.87. The first-order chi connectivity index (χ1) is 7.19. The average Bonchev–Trinajstić information content (AvgIpc) is 2.59. The quantitative estimate of drug-likeness (QED) is 0.520. The van der Waals surface area contributed by atoms with Crippen LogP contribution in [0.3, 0.4) is 0 Å². The number of unbranched alkanes of at least 4 members (excludes halogenated alkanes) is 1. The summed E-state index contributed by atoms with van der Waals surface area (Å²) >= 11 is 0. The summed E-state index contributed by atoms with van der Waals surface area (Å²) in [4.78, 5) is 13.2. The SMILES string of the molecule is COC(=O)C1CC(O)CN1CCCC#N. The van der Waals surface area contributed by atoms with E-state index in [0.29, 0.717) is 25.9 Å². The summed E-state index contributed by atoms with van der Waals surface area (Å²) in [6.45, 7) is 1.15. The van der Waals surface area contributed by atoms with Crippen molar-refractivity contribution < 1.29 is 14.6 Å². The first-order valence-corrected chi connectivity index (χ1v) is 5.06. The molecule has 0 saturated carbocycles. The third-order valence-electron chi connectivity index (χ3n) is 2.59. The molecule has 1 rings (SSSR count). The van der Waals surface area contributed by atoms with Crippen molar-refractivity contribution in [2.24, 2.45) is 0 Å². The zero-order valence-corrected chi connectivity index (χ0v) is 8.85. The van der Waals surface area contributed by atoms with Crippen molar-refractivity contribution in [2.75, 3.05) is 20.2 Å². The molecule has 5 heteroatoms. The summed E-state index contributed by atoms with van der Waals surface area (Å²) in [7, 11) is 1.35. The Morgan fingerprint density at radius 3 is 3.07 bits per heavy atom. The summed E-state index contributed by atoms with van der Waals surface area (Å²) in [5.41, 5.74) is 0. The van der Waals surface area contributed by atoms with Gasteiger partial charge >= 0.3 is 5.97 Å². The van der Waals surface area contributed by atoms with Crippen LogP contribution in [0.15, 0.2) is 0 Å². The van der Waals surface area contributed by atoms with Gasteiger partial charge in [0.1, 0.15) is 6.04 Å². The summed E-state index contributed by atoms with van der Waals surface area (Å²) < 4.78 is 4.66. The summed E-state index contributed by atoms with van der Waals surface area (Å²) in [6, 6.07) is 1.71. The van der Waals surface area contributed by atoms with Gasteiger partial charge in [-0.05, 0) is 6.42 Å². The number of likely N-dealkylation sites (tertiary alicyclic amines) is 1. The lowest BCUT2D eigenvalue weighted by molar-refractivity contribution is -0.145. The van der Waals surface area contributed by atoms with Crippen molar-refractivity contribution in [2.45, 2.75) is 31.4 Å². The van der Waals surface area contributed by atoms with Crippen LogP contribution < -0.4 is 0 Å². The molecule has 2 unspecified atom stereocenters. The smallest absolute Gasteiger partial charge is 0.323 e. The number of hydrogen-bond donors (Lipinski definition) is 1. The van der Waals surface area contributed by atoms with Crippen LogP contribution in [-0.2, 0) is 9.53 Å². The first-order valence-electron chi connectivity index (χ1n) is 5.06. The van der Waals surface area contributed by atoms with E-state index < -0.39 is 6.10 Å². The van der Waals surface area contributed by atoms with Gasteiger partial charge in [-0.25, -0.2) is 0 Å². The van der Waals surface area contributed by atoms with Crippen molar-refractivity contribution in [3.05, 3.63) is 0 Å². The van der Waals surface area contributed by atoms with Crippen LogP contribution in [0.1, 0.15) is 19.3 Å². The molecule has 1 aliphatic heterocycles. The Labute approximate surface area is 89.2 Å². The molecule has 1 fully saturated rings. The van der Waals surface area contributed by atoms with E-state index in [1.165, 1.54) is 7.11 Å². The van der Waals surface area contributed by atoms with Crippen molar-refractivity contribution in [3.8, 4) is 6.07 Å². The number of carbonyl (C=O) groups is 1. The molecule has 15 heavy (non-hydrogen) atoms. The third kappa shape index (κ3) is 3.18. The molecule has 1 saturated heterocycles. The maximum absolute atomic E-state index is 11.4. The van der Waals surface area contributed by atoms with E-state index in [4.69, 9.17) is 5.26 Å². The second-order valence-corrected chi connectivity index (χ2v) is 3.69. The van der Waals surface area contributed by atoms with E-state index >= 15 is 0 Å². The minimum absolute atomic E-state index is 0.302. The highest BCUT2D eigenvalue weighted by Crippen LogP contribution is 2.19. The lowest BCUT2D eigenvalue weighted by atomic mass is 10.2. The highest BCUT2D eigenvalue weighted by atomic mass is 16.5. The molecule has 0 aromatic heterocycles. The fourth-order valence-electron chi connectivity index (χ4n) is 1.87. The van der Waals surface area contributed by atoms with Crippen molar-refractivity contribution in [1.82, 2.24) is 4.90 Å². The van der Waals surface area contributed by atoms with Gasteiger partial charge in [-0.3, -0.25) is 9.69 Å². The van der Waals surface area contributed by atoms with E-state index in [2.05, 4.69) is 10.8 Å². The molecule has 1 N–H and O–H groups in total. The van der Waals surface area contributed by atoms with Gasteiger partial charge in [0.15, 0.2) is 0 Å². The van der Waals surface area contributed by atoms with Crippen LogP contribution in [0.25, 0.3) is 0 Å². The van der Waals surface area contributed by atoms with Crippen LogP contribution in [0.2, 0.25) is 0 Å². The molecular weight excluding hydrogens is 196 g/mol. The maximum atomic E-state index is 11.4. The molecule has 0 aromatic rings. The molecule has 0 radical (unpaired) electrons. The summed E-state index contributed by atoms with van der Waals surface area (Å²) in [6.07, 6.45) is 1.16. The zero-order valence-electron chi connectivity index (χ0n) is 8.85. The van der Waals surface area contributed by atoms with Crippen LogP contribution in [0, 0.1) is 11.3 Å². The highest BCUT2D eigenvalue weighted by molar-refractivity contribution is 5.76. The molecule has 0 aliphatic carbocycles. The van der Waals surface area contributed by atoms with Gasteiger partial charge in [-0.15, -0.1) is 0 Å². The highest BCUT2D eigenvalue weighted by Gasteiger charge is 2.36. The predicted octanol–water partition coefficient (Wildman–Crippen LogP) is -0.102. The van der Waals surface area contributed by atoms with Crippen LogP contribution in [0.5, 0.6) is 0 Å². The summed E-state index contributed by atoms with van der Waals surface area (Å²) in [5, 5.41) is 17.9. The number of β-amino-alcohol motifs (C(OH)–C–C–N with tert-alkyl or cyclic N) is 1. The number of hydrogen-bond acceptors (Lipinski definition) is 5. The van der Waals surface area contributed by atoms with E-state index in [0.717, 1.165) is 6.42 Å². The predicted molar refractivity (Wildman–Crippen MR) is 52.8 cm³/mol. The lowest BCUT2D eigenvalue weighted by Crippen LogP contribution is -2.37. The van der Waals surface area contributed by atoms with Crippen LogP contribution in [-0.4, -0.2) is 48.3 Å². The third-order valence-corrected chi connectivity index (χ3v) is 2.59. The molecule has 1 heterocycles. The minimum Gasteiger partial charge on any atom is -0.468 e. The van der Waals surface area contributed by atoms with E-state index in [1.54, 1.807) is 0 Å². The monoisotopic (exact) mass is 212 g/mol. The van der Waals surface area contributed by atoms with E-state index in [1.807, 2.05) is 4.90 Å². The van der Waals surface area contributed by atoms with Crippen molar-refractivity contribution in [1.29, 1.82) is 5.26 Å². The van der Waals surface area contributed by atoms with Gasteiger partial charge < -0.3 is 9.84 Å². The lowest BCUT2D eigenvalue weighted by Gasteiger charge is -2.21. The number of nitrogens with zero attached hydrogens (tertiary/aromatic N) is 2. The Morgan fingerprint density at radius 1 is 1.73 bits per heavy atom. The number of methoxy groups -OCH3 is 1. The number of nitriles is 1. The number of carbonyl (C=O) groups excluding carboxylic acids is 1. The van der Waals surface area contributed by atoms with Crippen LogP contribution >= 0.6 is 0 Å². The normalized spacial score (nSPS) is 26.2. The molecule has 1 aliphatic rings. The Morgan fingerprint density at radius 2 is 2.47 bits per heavy atom. The largest absolute Gasteiger partial charge is 0.468 e. The number of esters is 1. The number of aliphatic hydroxyl groups is 1. The molecule has 0 bridgehead atoms. The first kappa shape index (κ1) is 12.0. The van der Waals surface area contributed by atoms with Gasteiger partial charge in [-0.2, -0.15) is 5.26 Å². The van der Waals surface area contributed by atoms with Crippen LogP contribution in [0.4, 0.5) is 0 Å². The molecule has 5 nitrogen and oxygen atoms in total. The standard InChI is InChI=1S/C10H16N2O3/c1-15-10(14)9-6-8(13)7-12(9)5-3-2-4-11/h8-9,13H,2-3,5-7H2,1H3. The number of aliphatic hydroxyl groups excluding tert-OH is 1. The molecular formula is C10H16N2O3. The van der Waals surface area contributed by atoms with Gasteiger partial charge in [0.05, 0.1) is 19.3 Å². The Hall–Kier alpha value is -1.12. The van der Waals surface area contributed by atoms with Gasteiger partial charge in [0.2, 0.25) is 0 Å². The van der Waals surface area contributed by atoms with E-state index in [-0.39, 0.29) is 12.0 Å². The minimum atomic E-state index is -0.462. The molecule has 0 amide bonds. The Kier molecular flexibility index (Phi) is 4.53. The van der Waals surface area contributed by atoms with Gasteiger partial charge in [0, 0.05) is 25.9 Å². The molecule has 2 atom stereocenters. The van der Waals surface area contributed by atoms with Crippen molar-refractivity contribution in [3.63, 3.8) is 0 Å². The topological polar surface area (TPSA) is 73.6 Å². The average molecular weight is 212 g/mol. The molecule has 0 spiro atoms. The zero-order chi connectivity index (χ0) is 11.3. The maximum Gasteiger partial charge on any atom is 0.323 e. The number of rotatable bonds is 4. The molecule has 0 aromatic carbocycles. The van der Waals surface area contributed by atoms with Gasteiger partial charge in [-0.1, -0.05) is 0 Å². The Balaban J connectivity index is 2.46. The number of ether oxygens (including phenoxy) is 1. The second-order valence-electron chi connectivity index (χ2n) is 3.69. The summed E-state index contributed by atoms with van der Waals surface area (Å²) in [5.74, 6) is -0.302. The van der Waals surface area contributed by atoms with Crippen molar-refractivity contribution >= 4 is 5.97 Å². The van der Waals surface area contributed by atoms with E-state index in [9.17, 15) is 9.90 Å². The van der Waals surface area contributed by atoms with Gasteiger partial charge in [0.25, 0.3) is 0 Å². The fraction of sp³-hybridized carbons (Fsp3) is 0.800. The molecule has 84 valence electrons. The second kappa shape index (κ2) is 5.69.